The molecule has 2 rings (SSSR count). The SMILES string of the molecule is C#Cc1ccc2c(c1)N(C)CCO2. The van der Waals surface area contributed by atoms with Crippen molar-refractivity contribution >= 4 is 5.69 Å². The van der Waals surface area contributed by atoms with Crippen molar-refractivity contribution in [2.75, 3.05) is 25.1 Å². The highest BCUT2D eigenvalue weighted by Crippen LogP contribution is 2.30. The van der Waals surface area contributed by atoms with Crippen LogP contribution in [0.25, 0.3) is 0 Å². The third-order valence-corrected chi connectivity index (χ3v) is 2.22. The predicted octanol–water partition coefficient (Wildman–Crippen LogP) is 1.50. The molecule has 2 heteroatoms. The van der Waals surface area contributed by atoms with Crippen LogP contribution in [0.1, 0.15) is 5.56 Å². The van der Waals surface area contributed by atoms with Gasteiger partial charge in [0.05, 0.1) is 12.2 Å². The first-order valence-electron chi connectivity index (χ1n) is 4.26. The first kappa shape index (κ1) is 8.00. The van der Waals surface area contributed by atoms with Crippen LogP contribution in [-0.4, -0.2) is 20.2 Å². The average Bonchev–Trinajstić information content (AvgIpc) is 2.18. The molecule has 1 heterocycles. The van der Waals surface area contributed by atoms with E-state index >= 15 is 0 Å². The summed E-state index contributed by atoms with van der Waals surface area (Å²) in [4.78, 5) is 2.15. The monoisotopic (exact) mass is 173 g/mol. The molecule has 0 N–H and O–H groups in total. The molecule has 0 aromatic heterocycles. The van der Waals surface area contributed by atoms with Gasteiger partial charge in [-0.2, -0.15) is 0 Å². The molecular formula is C11H11NO. The fourth-order valence-corrected chi connectivity index (χ4v) is 1.44. The predicted molar refractivity (Wildman–Crippen MR) is 53.1 cm³/mol. The summed E-state index contributed by atoms with van der Waals surface area (Å²) in [5.41, 5.74) is 1.98. The van der Waals surface area contributed by atoms with E-state index in [-0.39, 0.29) is 0 Å². The maximum atomic E-state index is 5.48. The molecule has 0 saturated heterocycles. The minimum absolute atomic E-state index is 0.749. The number of rotatable bonds is 0. The van der Waals surface area contributed by atoms with Gasteiger partial charge in [0.2, 0.25) is 0 Å². The van der Waals surface area contributed by atoms with E-state index in [0.717, 1.165) is 30.2 Å². The van der Waals surface area contributed by atoms with Crippen molar-refractivity contribution in [2.45, 2.75) is 0 Å². The number of ether oxygens (including phenoxy) is 1. The Kier molecular flexibility index (Phi) is 1.86. The largest absolute Gasteiger partial charge is 0.490 e. The number of hydrogen-bond donors (Lipinski definition) is 0. The third-order valence-electron chi connectivity index (χ3n) is 2.22. The van der Waals surface area contributed by atoms with Crippen molar-refractivity contribution in [3.05, 3.63) is 23.8 Å². The molecule has 0 atom stereocenters. The third kappa shape index (κ3) is 1.33. The smallest absolute Gasteiger partial charge is 0.142 e. The van der Waals surface area contributed by atoms with Crippen LogP contribution in [0.3, 0.4) is 0 Å². The normalized spacial score (nSPS) is 14.3. The van der Waals surface area contributed by atoms with Gasteiger partial charge in [-0.15, -0.1) is 6.42 Å². The van der Waals surface area contributed by atoms with Crippen LogP contribution in [0, 0.1) is 12.3 Å². The van der Waals surface area contributed by atoms with Gasteiger partial charge in [0.15, 0.2) is 0 Å². The Morgan fingerprint density at radius 1 is 1.54 bits per heavy atom. The number of likely N-dealkylation sites (N-methyl/N-ethyl adjacent to an activating group) is 1. The van der Waals surface area contributed by atoms with Crippen LogP contribution >= 0.6 is 0 Å². The van der Waals surface area contributed by atoms with Crippen LogP contribution in [0.15, 0.2) is 18.2 Å². The lowest BCUT2D eigenvalue weighted by atomic mass is 10.1. The van der Waals surface area contributed by atoms with Crippen molar-refractivity contribution in [2.24, 2.45) is 0 Å². The summed E-state index contributed by atoms with van der Waals surface area (Å²) in [6, 6.07) is 5.81. The van der Waals surface area contributed by atoms with Gasteiger partial charge in [-0.1, -0.05) is 5.92 Å². The number of hydrogen-bond acceptors (Lipinski definition) is 2. The second kappa shape index (κ2) is 3.02. The van der Waals surface area contributed by atoms with Gasteiger partial charge in [-0.3, -0.25) is 0 Å². The van der Waals surface area contributed by atoms with Crippen molar-refractivity contribution < 1.29 is 4.74 Å². The molecule has 0 amide bonds. The van der Waals surface area contributed by atoms with E-state index in [1.54, 1.807) is 0 Å². The lowest BCUT2D eigenvalue weighted by Gasteiger charge is -2.27. The average molecular weight is 173 g/mol. The molecular weight excluding hydrogens is 162 g/mol. The molecule has 0 radical (unpaired) electrons. The van der Waals surface area contributed by atoms with E-state index in [1.807, 2.05) is 25.2 Å². The van der Waals surface area contributed by atoms with Gasteiger partial charge in [0.25, 0.3) is 0 Å². The van der Waals surface area contributed by atoms with E-state index in [9.17, 15) is 0 Å². The molecule has 0 spiro atoms. The summed E-state index contributed by atoms with van der Waals surface area (Å²) in [6.07, 6.45) is 5.32. The quantitative estimate of drug-likeness (QED) is 0.551. The fraction of sp³-hybridized carbons (Fsp3) is 0.273. The Hall–Kier alpha value is -1.62. The Bertz CT molecular complexity index is 365. The standard InChI is InChI=1S/C11H11NO/c1-3-9-4-5-11-10(8-9)12(2)6-7-13-11/h1,4-5,8H,6-7H2,2H3. The molecule has 0 fully saturated rings. The maximum Gasteiger partial charge on any atom is 0.142 e. The van der Waals surface area contributed by atoms with Gasteiger partial charge in [0, 0.05) is 12.6 Å². The van der Waals surface area contributed by atoms with E-state index in [1.165, 1.54) is 0 Å². The van der Waals surface area contributed by atoms with Crippen LogP contribution in [0.4, 0.5) is 5.69 Å². The fourth-order valence-electron chi connectivity index (χ4n) is 1.44. The van der Waals surface area contributed by atoms with E-state index in [2.05, 4.69) is 10.8 Å². The van der Waals surface area contributed by atoms with Crippen molar-refractivity contribution in [1.29, 1.82) is 0 Å². The highest BCUT2D eigenvalue weighted by Gasteiger charge is 2.14. The zero-order chi connectivity index (χ0) is 9.26. The van der Waals surface area contributed by atoms with Crippen molar-refractivity contribution in [3.63, 3.8) is 0 Å². The summed E-state index contributed by atoms with van der Waals surface area (Å²) in [5.74, 6) is 3.54. The van der Waals surface area contributed by atoms with Crippen molar-refractivity contribution in [3.8, 4) is 18.1 Å². The van der Waals surface area contributed by atoms with Crippen LogP contribution in [0.2, 0.25) is 0 Å². The number of nitrogens with zero attached hydrogens (tertiary/aromatic N) is 1. The summed E-state index contributed by atoms with van der Waals surface area (Å²) in [7, 11) is 2.04. The zero-order valence-corrected chi connectivity index (χ0v) is 7.58. The minimum atomic E-state index is 0.749. The number of anilines is 1. The van der Waals surface area contributed by atoms with Gasteiger partial charge in [-0.25, -0.2) is 0 Å². The Morgan fingerprint density at radius 2 is 2.38 bits per heavy atom. The van der Waals surface area contributed by atoms with Gasteiger partial charge >= 0.3 is 0 Å². The maximum absolute atomic E-state index is 5.48. The molecule has 13 heavy (non-hydrogen) atoms. The second-order valence-electron chi connectivity index (χ2n) is 3.10. The molecule has 66 valence electrons. The van der Waals surface area contributed by atoms with E-state index < -0.39 is 0 Å². The molecule has 1 aromatic rings. The van der Waals surface area contributed by atoms with Crippen LogP contribution in [0.5, 0.6) is 5.75 Å². The van der Waals surface area contributed by atoms with Gasteiger partial charge in [0.1, 0.15) is 12.4 Å². The lowest BCUT2D eigenvalue weighted by Crippen LogP contribution is -2.28. The summed E-state index contributed by atoms with van der Waals surface area (Å²) < 4.78 is 5.48. The highest BCUT2D eigenvalue weighted by molar-refractivity contribution is 5.62. The first-order chi connectivity index (χ1) is 6.31. The molecule has 0 bridgehead atoms. The lowest BCUT2D eigenvalue weighted by molar-refractivity contribution is 0.311. The Morgan fingerprint density at radius 3 is 3.15 bits per heavy atom. The van der Waals surface area contributed by atoms with Crippen LogP contribution < -0.4 is 9.64 Å². The number of fused-ring (bicyclic) bond motifs is 1. The second-order valence-corrected chi connectivity index (χ2v) is 3.10. The van der Waals surface area contributed by atoms with Crippen molar-refractivity contribution in [1.82, 2.24) is 0 Å². The highest BCUT2D eigenvalue weighted by atomic mass is 16.5. The molecule has 0 aliphatic carbocycles. The molecule has 1 aliphatic heterocycles. The Balaban J connectivity index is 2.48. The summed E-state index contributed by atoms with van der Waals surface area (Å²) in [5, 5.41) is 0. The van der Waals surface area contributed by atoms with Gasteiger partial charge in [-0.05, 0) is 18.2 Å². The molecule has 0 saturated carbocycles. The van der Waals surface area contributed by atoms with Gasteiger partial charge < -0.3 is 9.64 Å². The first-order valence-corrected chi connectivity index (χ1v) is 4.26. The zero-order valence-electron chi connectivity index (χ0n) is 7.58. The summed E-state index contributed by atoms with van der Waals surface area (Å²) in [6.45, 7) is 1.67. The molecule has 1 aliphatic rings. The number of terminal acetylenes is 1. The minimum Gasteiger partial charge on any atom is -0.490 e. The molecule has 0 unspecified atom stereocenters. The summed E-state index contributed by atoms with van der Waals surface area (Å²) >= 11 is 0. The van der Waals surface area contributed by atoms with E-state index in [0.29, 0.717) is 0 Å². The molecule has 1 aromatic carbocycles. The van der Waals surface area contributed by atoms with Crippen LogP contribution in [-0.2, 0) is 0 Å². The topological polar surface area (TPSA) is 12.5 Å². The molecule has 2 nitrogen and oxygen atoms in total. The van der Waals surface area contributed by atoms with E-state index in [4.69, 9.17) is 11.2 Å². The number of benzene rings is 1. The Labute approximate surface area is 78.1 Å².